The molecule has 0 bridgehead atoms. The third kappa shape index (κ3) is 4.02. The Morgan fingerprint density at radius 1 is 1.05 bits per heavy atom. The summed E-state index contributed by atoms with van der Waals surface area (Å²) >= 11 is 0. The molecule has 0 spiro atoms. The van der Waals surface area contributed by atoms with Crippen molar-refractivity contribution in [3.05, 3.63) is 60.7 Å². The van der Waals surface area contributed by atoms with Gasteiger partial charge in [0.25, 0.3) is 0 Å². The van der Waals surface area contributed by atoms with Crippen molar-refractivity contribution < 1.29 is 0 Å². The van der Waals surface area contributed by atoms with Crippen LogP contribution in [0.15, 0.2) is 55.1 Å². The van der Waals surface area contributed by atoms with Gasteiger partial charge in [-0.2, -0.15) is 0 Å². The minimum atomic E-state index is 0. The molecule has 1 N–H and O–H groups in total. The van der Waals surface area contributed by atoms with Gasteiger partial charge in [0.05, 0.1) is 0 Å². The van der Waals surface area contributed by atoms with Gasteiger partial charge in [0, 0.05) is 32.2 Å². The summed E-state index contributed by atoms with van der Waals surface area (Å²) in [4.78, 5) is 2.58. The summed E-state index contributed by atoms with van der Waals surface area (Å²) in [5.41, 5.74) is 1.44. The normalized spacial score (nSPS) is 16.4. The molecule has 1 aliphatic rings. The van der Waals surface area contributed by atoms with Crippen LogP contribution in [0.5, 0.6) is 0 Å². The minimum absolute atomic E-state index is 0. The van der Waals surface area contributed by atoms with Gasteiger partial charge in [-0.25, -0.2) is 0 Å². The SMILES string of the molecule is C=CC[C@@H](c1cccc2ccccc12)N1CCNCC1.Cl.Cl. The molecule has 1 heterocycles. The van der Waals surface area contributed by atoms with Crippen LogP contribution >= 0.6 is 24.8 Å². The van der Waals surface area contributed by atoms with Crippen molar-refractivity contribution in [1.82, 2.24) is 10.2 Å². The molecule has 0 amide bonds. The number of hydrogen-bond donors (Lipinski definition) is 1. The molecule has 1 fully saturated rings. The van der Waals surface area contributed by atoms with Gasteiger partial charge in [0.15, 0.2) is 0 Å². The van der Waals surface area contributed by atoms with Crippen LogP contribution in [0.2, 0.25) is 0 Å². The molecule has 0 unspecified atom stereocenters. The maximum atomic E-state index is 3.96. The average molecular weight is 339 g/mol. The highest BCUT2D eigenvalue weighted by atomic mass is 35.5. The van der Waals surface area contributed by atoms with E-state index in [2.05, 4.69) is 65.3 Å². The molecule has 2 aromatic carbocycles. The molecular formula is C18H24Cl2N2. The molecule has 2 aromatic rings. The Balaban J connectivity index is 0.00000121. The topological polar surface area (TPSA) is 15.3 Å². The van der Waals surface area contributed by atoms with Gasteiger partial charge in [0.2, 0.25) is 0 Å². The maximum absolute atomic E-state index is 3.96. The lowest BCUT2D eigenvalue weighted by atomic mass is 9.95. The Labute approximate surface area is 145 Å². The van der Waals surface area contributed by atoms with Gasteiger partial charge in [0.1, 0.15) is 0 Å². The van der Waals surface area contributed by atoms with Crippen LogP contribution in [0, 0.1) is 0 Å². The molecule has 0 aromatic heterocycles. The van der Waals surface area contributed by atoms with Crippen LogP contribution in [-0.4, -0.2) is 31.1 Å². The summed E-state index contributed by atoms with van der Waals surface area (Å²) in [6, 6.07) is 15.8. The van der Waals surface area contributed by atoms with Crippen molar-refractivity contribution in [3.8, 4) is 0 Å². The fourth-order valence-electron chi connectivity index (χ4n) is 3.17. The first kappa shape index (κ1) is 19.0. The number of nitrogens with one attached hydrogen (secondary N) is 1. The lowest BCUT2D eigenvalue weighted by Gasteiger charge is -2.35. The van der Waals surface area contributed by atoms with Crippen molar-refractivity contribution >= 4 is 35.6 Å². The Morgan fingerprint density at radius 3 is 2.45 bits per heavy atom. The molecule has 3 rings (SSSR count). The number of benzene rings is 2. The van der Waals surface area contributed by atoms with Crippen LogP contribution in [0.3, 0.4) is 0 Å². The van der Waals surface area contributed by atoms with Gasteiger partial charge < -0.3 is 5.32 Å². The van der Waals surface area contributed by atoms with Gasteiger partial charge in [-0.3, -0.25) is 4.90 Å². The summed E-state index contributed by atoms with van der Waals surface area (Å²) < 4.78 is 0. The molecule has 0 aliphatic carbocycles. The van der Waals surface area contributed by atoms with Crippen molar-refractivity contribution in [2.75, 3.05) is 26.2 Å². The molecule has 22 heavy (non-hydrogen) atoms. The zero-order valence-electron chi connectivity index (χ0n) is 12.7. The van der Waals surface area contributed by atoms with Gasteiger partial charge >= 0.3 is 0 Å². The van der Waals surface area contributed by atoms with Crippen molar-refractivity contribution in [2.24, 2.45) is 0 Å². The number of halogens is 2. The second kappa shape index (κ2) is 9.16. The Hall–Kier alpha value is -1.06. The highest BCUT2D eigenvalue weighted by Crippen LogP contribution is 2.31. The third-order valence-corrected chi connectivity index (χ3v) is 4.16. The predicted molar refractivity (Wildman–Crippen MR) is 100 cm³/mol. The second-order valence-corrected chi connectivity index (χ2v) is 5.39. The molecule has 2 nitrogen and oxygen atoms in total. The molecule has 0 saturated carbocycles. The summed E-state index contributed by atoms with van der Waals surface area (Å²) in [6.07, 6.45) is 3.06. The quantitative estimate of drug-likeness (QED) is 0.840. The summed E-state index contributed by atoms with van der Waals surface area (Å²) in [5, 5.41) is 6.14. The highest BCUT2D eigenvalue weighted by molar-refractivity contribution is 5.86. The molecular weight excluding hydrogens is 315 g/mol. The first-order chi connectivity index (χ1) is 9.90. The Bertz CT molecular complexity index is 589. The first-order valence-corrected chi connectivity index (χ1v) is 7.43. The number of piperazine rings is 1. The van der Waals surface area contributed by atoms with E-state index in [0.717, 1.165) is 32.6 Å². The fourth-order valence-corrected chi connectivity index (χ4v) is 3.17. The monoisotopic (exact) mass is 338 g/mol. The second-order valence-electron chi connectivity index (χ2n) is 5.39. The van der Waals surface area contributed by atoms with E-state index in [4.69, 9.17) is 0 Å². The summed E-state index contributed by atoms with van der Waals surface area (Å²) in [6.45, 7) is 8.35. The predicted octanol–water partition coefficient (Wildman–Crippen LogP) is 4.21. The smallest absolute Gasteiger partial charge is 0.0389 e. The maximum Gasteiger partial charge on any atom is 0.0389 e. The van der Waals surface area contributed by atoms with E-state index < -0.39 is 0 Å². The van der Waals surface area contributed by atoms with Gasteiger partial charge in [-0.05, 0) is 22.8 Å². The number of nitrogens with zero attached hydrogens (tertiary/aromatic N) is 1. The minimum Gasteiger partial charge on any atom is -0.314 e. The van der Waals surface area contributed by atoms with Crippen LogP contribution in [0.25, 0.3) is 10.8 Å². The summed E-state index contributed by atoms with van der Waals surface area (Å²) in [7, 11) is 0. The summed E-state index contributed by atoms with van der Waals surface area (Å²) in [5.74, 6) is 0. The largest absolute Gasteiger partial charge is 0.314 e. The first-order valence-electron chi connectivity index (χ1n) is 7.43. The Morgan fingerprint density at radius 2 is 1.73 bits per heavy atom. The van der Waals surface area contributed by atoms with E-state index in [-0.39, 0.29) is 24.8 Å². The van der Waals surface area contributed by atoms with Gasteiger partial charge in [-0.15, -0.1) is 31.4 Å². The molecule has 120 valence electrons. The zero-order valence-corrected chi connectivity index (χ0v) is 14.3. The molecule has 4 heteroatoms. The average Bonchev–Trinajstić information content (AvgIpc) is 2.53. The van der Waals surface area contributed by atoms with E-state index >= 15 is 0 Å². The van der Waals surface area contributed by atoms with E-state index in [1.807, 2.05) is 0 Å². The zero-order chi connectivity index (χ0) is 13.8. The van der Waals surface area contributed by atoms with Crippen molar-refractivity contribution in [2.45, 2.75) is 12.5 Å². The number of fused-ring (bicyclic) bond motifs is 1. The lowest BCUT2D eigenvalue weighted by Crippen LogP contribution is -2.45. The molecule has 1 saturated heterocycles. The van der Waals surface area contributed by atoms with E-state index in [0.29, 0.717) is 6.04 Å². The van der Waals surface area contributed by atoms with Crippen LogP contribution in [0.4, 0.5) is 0 Å². The molecule has 1 atom stereocenters. The fraction of sp³-hybridized carbons (Fsp3) is 0.333. The van der Waals surface area contributed by atoms with Crippen LogP contribution < -0.4 is 5.32 Å². The standard InChI is InChI=1S/C18H22N2.2ClH/c1-2-6-18(20-13-11-19-12-14-20)17-10-5-8-15-7-3-4-9-16(15)17;;/h2-5,7-10,18-19H,1,6,11-14H2;2*1H/t18-;;/m0../s1. The van der Waals surface area contributed by atoms with E-state index in [1.54, 1.807) is 0 Å². The third-order valence-electron chi connectivity index (χ3n) is 4.16. The number of rotatable bonds is 4. The van der Waals surface area contributed by atoms with Crippen molar-refractivity contribution in [1.29, 1.82) is 0 Å². The van der Waals surface area contributed by atoms with Gasteiger partial charge in [-0.1, -0.05) is 48.5 Å². The lowest BCUT2D eigenvalue weighted by molar-refractivity contribution is 0.175. The van der Waals surface area contributed by atoms with Crippen LogP contribution in [0.1, 0.15) is 18.0 Å². The number of hydrogen-bond acceptors (Lipinski definition) is 2. The van der Waals surface area contributed by atoms with E-state index in [9.17, 15) is 0 Å². The molecule has 0 radical (unpaired) electrons. The highest BCUT2D eigenvalue weighted by Gasteiger charge is 2.22. The van der Waals surface area contributed by atoms with Crippen molar-refractivity contribution in [3.63, 3.8) is 0 Å². The van der Waals surface area contributed by atoms with E-state index in [1.165, 1.54) is 16.3 Å². The Kier molecular flexibility index (Phi) is 7.91. The molecule has 1 aliphatic heterocycles. The van der Waals surface area contributed by atoms with Crippen LogP contribution in [-0.2, 0) is 0 Å².